The summed E-state index contributed by atoms with van der Waals surface area (Å²) in [5.74, 6) is 1.52. The molecule has 3 heteroatoms. The Kier molecular flexibility index (Phi) is 4.28. The molecule has 0 saturated heterocycles. The first-order valence-electron chi connectivity index (χ1n) is 7.42. The number of rotatable bonds is 3. The maximum absolute atomic E-state index is 6.72. The summed E-state index contributed by atoms with van der Waals surface area (Å²) in [5.41, 5.74) is 8.04. The van der Waals surface area contributed by atoms with Crippen molar-refractivity contribution in [2.75, 3.05) is 14.2 Å². The van der Waals surface area contributed by atoms with E-state index in [2.05, 4.69) is 19.9 Å². The van der Waals surface area contributed by atoms with Crippen LogP contribution >= 0.6 is 0 Å². The van der Waals surface area contributed by atoms with Crippen LogP contribution in [0, 0.1) is 5.41 Å². The third-order valence-electron chi connectivity index (χ3n) is 4.68. The Labute approximate surface area is 122 Å². The van der Waals surface area contributed by atoms with Crippen LogP contribution in [0.25, 0.3) is 0 Å². The molecule has 1 aromatic rings. The fraction of sp³-hybridized carbons (Fsp3) is 0.647. The van der Waals surface area contributed by atoms with Gasteiger partial charge in [0.25, 0.3) is 0 Å². The smallest absolute Gasteiger partial charge is 0.161 e. The van der Waals surface area contributed by atoms with Crippen molar-refractivity contribution in [1.82, 2.24) is 0 Å². The Morgan fingerprint density at radius 1 is 0.950 bits per heavy atom. The zero-order valence-electron chi connectivity index (χ0n) is 13.2. The van der Waals surface area contributed by atoms with Gasteiger partial charge in [0.15, 0.2) is 11.5 Å². The molecule has 1 aliphatic rings. The summed E-state index contributed by atoms with van der Waals surface area (Å²) in [6.45, 7) is 4.68. The summed E-state index contributed by atoms with van der Waals surface area (Å²) in [6, 6.07) is 6.08. The Morgan fingerprint density at radius 3 is 2.30 bits per heavy atom. The van der Waals surface area contributed by atoms with Crippen molar-refractivity contribution in [3.63, 3.8) is 0 Å². The van der Waals surface area contributed by atoms with Crippen LogP contribution in [-0.2, 0) is 5.54 Å². The van der Waals surface area contributed by atoms with Crippen LogP contribution < -0.4 is 15.2 Å². The van der Waals surface area contributed by atoms with Gasteiger partial charge in [-0.05, 0) is 48.8 Å². The molecule has 0 bridgehead atoms. The summed E-state index contributed by atoms with van der Waals surface area (Å²) in [6.07, 6.45) is 5.65. The molecule has 1 atom stereocenters. The molecule has 3 nitrogen and oxygen atoms in total. The monoisotopic (exact) mass is 277 g/mol. The molecule has 0 amide bonds. The summed E-state index contributed by atoms with van der Waals surface area (Å²) in [5, 5.41) is 0. The van der Waals surface area contributed by atoms with Gasteiger partial charge < -0.3 is 15.2 Å². The van der Waals surface area contributed by atoms with E-state index in [9.17, 15) is 0 Å². The SMILES string of the molecule is COc1ccc(C2(N)CCCC(C)(C)CC2)cc1OC. The van der Waals surface area contributed by atoms with E-state index in [4.69, 9.17) is 15.2 Å². The van der Waals surface area contributed by atoms with E-state index < -0.39 is 0 Å². The average molecular weight is 277 g/mol. The van der Waals surface area contributed by atoms with E-state index in [1.54, 1.807) is 14.2 Å². The van der Waals surface area contributed by atoms with Gasteiger partial charge in [0.1, 0.15) is 0 Å². The van der Waals surface area contributed by atoms with Gasteiger partial charge >= 0.3 is 0 Å². The largest absolute Gasteiger partial charge is 0.493 e. The molecule has 1 saturated carbocycles. The quantitative estimate of drug-likeness (QED) is 0.854. The lowest BCUT2D eigenvalue weighted by Gasteiger charge is -2.30. The van der Waals surface area contributed by atoms with E-state index in [0.717, 1.165) is 36.3 Å². The molecule has 1 unspecified atom stereocenters. The second-order valence-corrected chi connectivity index (χ2v) is 6.74. The molecule has 2 N–H and O–H groups in total. The second kappa shape index (κ2) is 5.65. The lowest BCUT2D eigenvalue weighted by Crippen LogP contribution is -2.36. The van der Waals surface area contributed by atoms with E-state index in [1.165, 1.54) is 12.8 Å². The number of nitrogens with two attached hydrogens (primary N) is 1. The van der Waals surface area contributed by atoms with Crippen molar-refractivity contribution in [3.8, 4) is 11.5 Å². The van der Waals surface area contributed by atoms with Crippen molar-refractivity contribution >= 4 is 0 Å². The van der Waals surface area contributed by atoms with Crippen molar-refractivity contribution in [2.24, 2.45) is 11.1 Å². The standard InChI is InChI=1S/C17H27NO2/c1-16(2)8-5-9-17(18,11-10-16)13-6-7-14(19-3)15(12-13)20-4/h6-7,12H,5,8-11,18H2,1-4H3. The number of hydrogen-bond donors (Lipinski definition) is 1. The van der Waals surface area contributed by atoms with E-state index >= 15 is 0 Å². The van der Waals surface area contributed by atoms with Crippen LogP contribution in [0.15, 0.2) is 18.2 Å². The molecular formula is C17H27NO2. The minimum Gasteiger partial charge on any atom is -0.493 e. The van der Waals surface area contributed by atoms with Crippen molar-refractivity contribution < 1.29 is 9.47 Å². The van der Waals surface area contributed by atoms with Gasteiger partial charge in [-0.15, -0.1) is 0 Å². The first kappa shape index (κ1) is 15.2. The van der Waals surface area contributed by atoms with E-state index in [0.29, 0.717) is 5.41 Å². The predicted octanol–water partition coefficient (Wildman–Crippen LogP) is 3.85. The average Bonchev–Trinajstić information content (AvgIpc) is 2.57. The number of benzene rings is 1. The molecule has 1 aromatic carbocycles. The third kappa shape index (κ3) is 3.09. The maximum atomic E-state index is 6.72. The van der Waals surface area contributed by atoms with Gasteiger partial charge in [-0.2, -0.15) is 0 Å². The molecule has 0 radical (unpaired) electrons. The molecule has 2 rings (SSSR count). The summed E-state index contributed by atoms with van der Waals surface area (Å²) in [7, 11) is 3.32. The van der Waals surface area contributed by atoms with Gasteiger partial charge in [-0.1, -0.05) is 26.3 Å². The fourth-order valence-corrected chi connectivity index (χ4v) is 3.13. The van der Waals surface area contributed by atoms with Crippen LogP contribution in [-0.4, -0.2) is 14.2 Å². The van der Waals surface area contributed by atoms with Crippen LogP contribution in [0.5, 0.6) is 11.5 Å². The Balaban J connectivity index is 2.29. The van der Waals surface area contributed by atoms with Gasteiger partial charge in [-0.3, -0.25) is 0 Å². The van der Waals surface area contributed by atoms with Crippen LogP contribution in [0.4, 0.5) is 0 Å². The second-order valence-electron chi connectivity index (χ2n) is 6.74. The topological polar surface area (TPSA) is 44.5 Å². The Bertz CT molecular complexity index is 470. The van der Waals surface area contributed by atoms with E-state index in [1.807, 2.05) is 12.1 Å². The van der Waals surface area contributed by atoms with Crippen molar-refractivity contribution in [2.45, 2.75) is 51.5 Å². The molecule has 112 valence electrons. The first-order valence-corrected chi connectivity index (χ1v) is 7.42. The lowest BCUT2D eigenvalue weighted by atomic mass is 9.81. The molecule has 0 aromatic heterocycles. The molecule has 1 fully saturated rings. The minimum atomic E-state index is -0.243. The number of ether oxygens (including phenoxy) is 2. The first-order chi connectivity index (χ1) is 9.40. The van der Waals surface area contributed by atoms with Gasteiger partial charge in [0.05, 0.1) is 14.2 Å². The normalized spacial score (nSPS) is 25.9. The lowest BCUT2D eigenvalue weighted by molar-refractivity contribution is 0.298. The van der Waals surface area contributed by atoms with Gasteiger partial charge in [-0.25, -0.2) is 0 Å². The van der Waals surface area contributed by atoms with Crippen molar-refractivity contribution in [3.05, 3.63) is 23.8 Å². The van der Waals surface area contributed by atoms with Crippen LogP contribution in [0.3, 0.4) is 0 Å². The van der Waals surface area contributed by atoms with Gasteiger partial charge in [0, 0.05) is 5.54 Å². The minimum absolute atomic E-state index is 0.243. The van der Waals surface area contributed by atoms with Crippen LogP contribution in [0.2, 0.25) is 0 Å². The van der Waals surface area contributed by atoms with E-state index in [-0.39, 0.29) is 5.54 Å². The number of hydrogen-bond acceptors (Lipinski definition) is 3. The Hall–Kier alpha value is -1.22. The maximum Gasteiger partial charge on any atom is 0.161 e. The zero-order valence-corrected chi connectivity index (χ0v) is 13.2. The highest BCUT2D eigenvalue weighted by atomic mass is 16.5. The third-order valence-corrected chi connectivity index (χ3v) is 4.68. The Morgan fingerprint density at radius 2 is 1.65 bits per heavy atom. The van der Waals surface area contributed by atoms with Crippen LogP contribution in [0.1, 0.15) is 51.5 Å². The highest BCUT2D eigenvalue weighted by Crippen LogP contribution is 2.43. The molecular weight excluding hydrogens is 250 g/mol. The number of methoxy groups -OCH3 is 2. The highest BCUT2D eigenvalue weighted by Gasteiger charge is 2.34. The highest BCUT2D eigenvalue weighted by molar-refractivity contribution is 5.45. The predicted molar refractivity (Wildman–Crippen MR) is 82.3 cm³/mol. The molecule has 20 heavy (non-hydrogen) atoms. The fourth-order valence-electron chi connectivity index (χ4n) is 3.13. The molecule has 1 aliphatic carbocycles. The zero-order chi connectivity index (χ0) is 14.8. The summed E-state index contributed by atoms with van der Waals surface area (Å²) >= 11 is 0. The van der Waals surface area contributed by atoms with Crippen molar-refractivity contribution in [1.29, 1.82) is 0 Å². The summed E-state index contributed by atoms with van der Waals surface area (Å²) in [4.78, 5) is 0. The summed E-state index contributed by atoms with van der Waals surface area (Å²) < 4.78 is 10.7. The molecule has 0 aliphatic heterocycles. The van der Waals surface area contributed by atoms with Gasteiger partial charge in [0.2, 0.25) is 0 Å². The molecule has 0 spiro atoms. The molecule has 0 heterocycles.